The Bertz CT molecular complexity index is 746. The lowest BCUT2D eigenvalue weighted by Gasteiger charge is -2.16. The minimum atomic E-state index is -0.0954. The molecule has 24 heavy (non-hydrogen) atoms. The molecular weight excluding hydrogens is 324 g/mol. The lowest BCUT2D eigenvalue weighted by atomic mass is 10.1. The van der Waals surface area contributed by atoms with Crippen LogP contribution in [-0.4, -0.2) is 27.7 Å². The molecule has 0 bridgehead atoms. The molecule has 0 unspecified atom stereocenters. The molecular formula is C18H23ClN4O. The van der Waals surface area contributed by atoms with Crippen LogP contribution in [0.1, 0.15) is 42.5 Å². The van der Waals surface area contributed by atoms with Gasteiger partial charge in [0.15, 0.2) is 0 Å². The van der Waals surface area contributed by atoms with Crippen molar-refractivity contribution in [2.24, 2.45) is 0 Å². The Morgan fingerprint density at radius 2 is 2.04 bits per heavy atom. The summed E-state index contributed by atoms with van der Waals surface area (Å²) in [5, 5.41) is 16.5. The molecule has 1 heterocycles. The van der Waals surface area contributed by atoms with Crippen molar-refractivity contribution in [2.45, 2.75) is 45.6 Å². The standard InChI is InChI=1S/C18H23ClN4O/c1-10-4-7-14(19)12(3)17(10)22-16-8-15(13-5-6-13)21-18(23-16)20-11(2)9-24/h4,7-8,11,13,24H,5-6,9H2,1-3H3,(H2,20,21,22,23)/t11-/m1/s1. The zero-order valence-corrected chi connectivity index (χ0v) is 15.0. The van der Waals surface area contributed by atoms with Crippen LogP contribution in [0.25, 0.3) is 0 Å². The van der Waals surface area contributed by atoms with Crippen LogP contribution in [0.15, 0.2) is 18.2 Å². The molecule has 1 aromatic heterocycles. The van der Waals surface area contributed by atoms with Gasteiger partial charge in [-0.25, -0.2) is 4.98 Å². The zero-order chi connectivity index (χ0) is 17.3. The number of aromatic nitrogens is 2. The van der Waals surface area contributed by atoms with Crippen LogP contribution in [0, 0.1) is 13.8 Å². The average Bonchev–Trinajstić information content (AvgIpc) is 3.40. The number of nitrogens with zero attached hydrogens (tertiary/aromatic N) is 2. The number of aliphatic hydroxyl groups is 1. The number of benzene rings is 1. The van der Waals surface area contributed by atoms with E-state index in [0.717, 1.165) is 33.3 Å². The first-order chi connectivity index (χ1) is 11.5. The van der Waals surface area contributed by atoms with Gasteiger partial charge in [0.2, 0.25) is 5.95 Å². The second kappa shape index (κ2) is 6.95. The molecule has 0 saturated heterocycles. The highest BCUT2D eigenvalue weighted by atomic mass is 35.5. The first-order valence-electron chi connectivity index (χ1n) is 8.27. The summed E-state index contributed by atoms with van der Waals surface area (Å²) in [6.07, 6.45) is 2.33. The van der Waals surface area contributed by atoms with Crippen LogP contribution in [-0.2, 0) is 0 Å². The number of rotatable bonds is 6. The van der Waals surface area contributed by atoms with Gasteiger partial charge in [-0.1, -0.05) is 17.7 Å². The van der Waals surface area contributed by atoms with E-state index in [9.17, 15) is 5.11 Å². The van der Waals surface area contributed by atoms with E-state index in [2.05, 4.69) is 20.6 Å². The second-order valence-corrected chi connectivity index (χ2v) is 6.90. The fourth-order valence-corrected chi connectivity index (χ4v) is 2.75. The molecule has 5 nitrogen and oxygen atoms in total. The van der Waals surface area contributed by atoms with Crippen molar-refractivity contribution in [3.63, 3.8) is 0 Å². The van der Waals surface area contributed by atoms with Crippen LogP contribution >= 0.6 is 11.6 Å². The predicted octanol–water partition coefficient (Wildman–Crippen LogP) is 4.16. The third-order valence-corrected chi connectivity index (χ3v) is 4.66. The molecule has 6 heteroatoms. The smallest absolute Gasteiger partial charge is 0.225 e. The molecule has 0 spiro atoms. The third-order valence-electron chi connectivity index (χ3n) is 4.25. The fraction of sp³-hybridized carbons (Fsp3) is 0.444. The molecule has 0 radical (unpaired) electrons. The van der Waals surface area contributed by atoms with Crippen molar-refractivity contribution in [3.8, 4) is 0 Å². The fourth-order valence-electron chi connectivity index (χ4n) is 2.59. The van der Waals surface area contributed by atoms with E-state index in [0.29, 0.717) is 11.9 Å². The monoisotopic (exact) mass is 346 g/mol. The highest BCUT2D eigenvalue weighted by Crippen LogP contribution is 2.40. The summed E-state index contributed by atoms with van der Waals surface area (Å²) in [6.45, 7) is 5.97. The summed E-state index contributed by atoms with van der Waals surface area (Å²) >= 11 is 6.25. The van der Waals surface area contributed by atoms with Crippen molar-refractivity contribution in [1.29, 1.82) is 0 Å². The predicted molar refractivity (Wildman–Crippen MR) is 98.4 cm³/mol. The molecule has 1 fully saturated rings. The third kappa shape index (κ3) is 3.79. The van der Waals surface area contributed by atoms with E-state index in [1.54, 1.807) is 0 Å². The molecule has 1 atom stereocenters. The quantitative estimate of drug-likeness (QED) is 0.732. The van der Waals surface area contributed by atoms with Gasteiger partial charge in [-0.3, -0.25) is 0 Å². The Hall–Kier alpha value is -1.85. The Labute approximate surface area is 147 Å². The van der Waals surface area contributed by atoms with Crippen molar-refractivity contribution in [1.82, 2.24) is 9.97 Å². The number of anilines is 3. The van der Waals surface area contributed by atoms with Gasteiger partial charge >= 0.3 is 0 Å². The van der Waals surface area contributed by atoms with Crippen LogP contribution < -0.4 is 10.6 Å². The number of hydrogen-bond acceptors (Lipinski definition) is 5. The van der Waals surface area contributed by atoms with Crippen molar-refractivity contribution < 1.29 is 5.11 Å². The van der Waals surface area contributed by atoms with E-state index in [-0.39, 0.29) is 12.6 Å². The van der Waals surface area contributed by atoms with Gasteiger partial charge in [-0.15, -0.1) is 0 Å². The lowest BCUT2D eigenvalue weighted by molar-refractivity contribution is 0.281. The average molecular weight is 347 g/mol. The Kier molecular flexibility index (Phi) is 4.92. The van der Waals surface area contributed by atoms with Crippen LogP contribution in [0.5, 0.6) is 0 Å². The molecule has 1 aliphatic carbocycles. The molecule has 0 aliphatic heterocycles. The van der Waals surface area contributed by atoms with Gasteiger partial charge in [0, 0.05) is 28.7 Å². The van der Waals surface area contributed by atoms with Crippen LogP contribution in [0.3, 0.4) is 0 Å². The lowest BCUT2D eigenvalue weighted by Crippen LogP contribution is -2.21. The minimum Gasteiger partial charge on any atom is -0.394 e. The molecule has 3 N–H and O–H groups in total. The van der Waals surface area contributed by atoms with Gasteiger partial charge < -0.3 is 15.7 Å². The summed E-state index contributed by atoms with van der Waals surface area (Å²) in [6, 6.07) is 5.81. The van der Waals surface area contributed by atoms with Crippen LogP contribution in [0.4, 0.5) is 17.5 Å². The molecule has 1 aromatic carbocycles. The van der Waals surface area contributed by atoms with Gasteiger partial charge in [0.1, 0.15) is 5.82 Å². The molecule has 3 rings (SSSR count). The Balaban J connectivity index is 1.94. The van der Waals surface area contributed by atoms with Gasteiger partial charge in [-0.2, -0.15) is 4.98 Å². The summed E-state index contributed by atoms with van der Waals surface area (Å²) in [5.41, 5.74) is 4.13. The zero-order valence-electron chi connectivity index (χ0n) is 14.2. The number of hydrogen-bond donors (Lipinski definition) is 3. The van der Waals surface area contributed by atoms with E-state index in [4.69, 9.17) is 11.6 Å². The van der Waals surface area contributed by atoms with Crippen LogP contribution in [0.2, 0.25) is 5.02 Å². The van der Waals surface area contributed by atoms with E-state index in [1.807, 2.05) is 39.0 Å². The highest BCUT2D eigenvalue weighted by Gasteiger charge is 2.26. The van der Waals surface area contributed by atoms with Crippen molar-refractivity contribution in [2.75, 3.05) is 17.2 Å². The first kappa shape index (κ1) is 17.0. The maximum absolute atomic E-state index is 9.25. The number of halogens is 1. The summed E-state index contributed by atoms with van der Waals surface area (Å²) in [4.78, 5) is 9.14. The SMILES string of the molecule is Cc1ccc(Cl)c(C)c1Nc1cc(C2CC2)nc(N[C@H](C)CO)n1. The van der Waals surface area contributed by atoms with Gasteiger partial charge in [0.05, 0.1) is 12.3 Å². The number of aryl methyl sites for hydroxylation is 1. The Morgan fingerprint density at radius 3 is 2.71 bits per heavy atom. The highest BCUT2D eigenvalue weighted by molar-refractivity contribution is 6.31. The maximum Gasteiger partial charge on any atom is 0.225 e. The summed E-state index contributed by atoms with van der Waals surface area (Å²) < 4.78 is 0. The van der Waals surface area contributed by atoms with E-state index >= 15 is 0 Å². The normalized spacial score (nSPS) is 15.2. The van der Waals surface area contributed by atoms with Gasteiger partial charge in [0.25, 0.3) is 0 Å². The van der Waals surface area contributed by atoms with E-state index in [1.165, 1.54) is 12.8 Å². The molecule has 1 saturated carbocycles. The molecule has 128 valence electrons. The Morgan fingerprint density at radius 1 is 1.29 bits per heavy atom. The molecule has 0 amide bonds. The molecule has 2 aromatic rings. The minimum absolute atomic E-state index is 0.0340. The second-order valence-electron chi connectivity index (χ2n) is 6.49. The van der Waals surface area contributed by atoms with E-state index < -0.39 is 0 Å². The number of nitrogens with one attached hydrogen (secondary N) is 2. The molecule has 1 aliphatic rings. The topological polar surface area (TPSA) is 70.1 Å². The maximum atomic E-state index is 9.25. The number of aliphatic hydroxyl groups excluding tert-OH is 1. The largest absolute Gasteiger partial charge is 0.394 e. The van der Waals surface area contributed by atoms with Gasteiger partial charge in [-0.05, 0) is 50.8 Å². The summed E-state index contributed by atoms with van der Waals surface area (Å²) in [7, 11) is 0. The van der Waals surface area contributed by atoms with Crippen molar-refractivity contribution >= 4 is 29.1 Å². The van der Waals surface area contributed by atoms with Crippen molar-refractivity contribution in [3.05, 3.63) is 40.0 Å². The summed E-state index contributed by atoms with van der Waals surface area (Å²) in [5.74, 6) is 1.80. The first-order valence-corrected chi connectivity index (χ1v) is 8.65.